The minimum atomic E-state index is -4.67. The Kier molecular flexibility index (Phi) is 4.95. The van der Waals surface area contributed by atoms with Crippen LogP contribution in [0.2, 0.25) is 0 Å². The van der Waals surface area contributed by atoms with Crippen molar-refractivity contribution in [2.24, 2.45) is 0 Å². The maximum absolute atomic E-state index is 13.4. The summed E-state index contributed by atoms with van der Waals surface area (Å²) in [6.45, 7) is 3.24. The maximum Gasteiger partial charge on any atom is 0.417 e. The van der Waals surface area contributed by atoms with Gasteiger partial charge < -0.3 is 10.1 Å². The molecule has 0 unspecified atom stereocenters. The Morgan fingerprint density at radius 1 is 1.17 bits per heavy atom. The van der Waals surface area contributed by atoms with E-state index >= 15 is 0 Å². The van der Waals surface area contributed by atoms with Crippen LogP contribution in [0.1, 0.15) is 24.2 Å². The largest absolute Gasteiger partial charge is 0.460 e. The van der Waals surface area contributed by atoms with Crippen LogP contribution in [0.25, 0.3) is 16.6 Å². The second-order valence-electron chi connectivity index (χ2n) is 6.79. The van der Waals surface area contributed by atoms with E-state index in [9.17, 15) is 18.0 Å². The number of alkyl halides is 3. The number of halogens is 3. The van der Waals surface area contributed by atoms with Gasteiger partial charge in [-0.2, -0.15) is 13.2 Å². The van der Waals surface area contributed by atoms with Gasteiger partial charge in [-0.1, -0.05) is 6.07 Å². The molecule has 1 N–H and O–H groups in total. The number of hydrogen-bond acceptors (Lipinski definition) is 6. The van der Waals surface area contributed by atoms with E-state index < -0.39 is 22.7 Å². The molecule has 4 rings (SSSR count). The molecule has 152 valence electrons. The van der Waals surface area contributed by atoms with Crippen molar-refractivity contribution in [3.63, 3.8) is 0 Å². The number of aromatic nitrogens is 4. The van der Waals surface area contributed by atoms with E-state index in [1.165, 1.54) is 24.5 Å². The summed E-state index contributed by atoms with van der Waals surface area (Å²) in [6.07, 6.45) is -0.306. The zero-order valence-corrected chi connectivity index (χ0v) is 15.5. The van der Waals surface area contributed by atoms with Gasteiger partial charge in [0.15, 0.2) is 0 Å². The molecule has 7 nitrogen and oxygen atoms in total. The number of rotatable bonds is 3. The lowest BCUT2D eigenvalue weighted by molar-refractivity contribution is -0.136. The van der Waals surface area contributed by atoms with E-state index in [4.69, 9.17) is 4.74 Å². The Hall–Kier alpha value is -3.01. The number of benzene rings is 1. The first-order chi connectivity index (χ1) is 13.8. The van der Waals surface area contributed by atoms with Gasteiger partial charge in [0.2, 0.25) is 0 Å². The van der Waals surface area contributed by atoms with Crippen LogP contribution in [0.15, 0.2) is 35.4 Å². The molecule has 10 heteroatoms. The molecule has 0 bridgehead atoms. The van der Waals surface area contributed by atoms with Crippen LogP contribution in [-0.4, -0.2) is 38.7 Å². The van der Waals surface area contributed by atoms with Gasteiger partial charge in [0.25, 0.3) is 5.56 Å². The van der Waals surface area contributed by atoms with Gasteiger partial charge in [-0.25, -0.2) is 15.0 Å². The number of nitrogens with one attached hydrogen (secondary N) is 1. The third kappa shape index (κ3) is 3.80. The predicted molar refractivity (Wildman–Crippen MR) is 99.2 cm³/mol. The Morgan fingerprint density at radius 2 is 1.86 bits per heavy atom. The molecule has 0 atom stereocenters. The number of nitrogens with zero attached hydrogens (tertiary/aromatic N) is 4. The molecule has 1 fully saturated rings. The first-order valence-corrected chi connectivity index (χ1v) is 9.14. The fraction of sp³-hybridized carbons (Fsp3) is 0.368. The molecule has 3 heterocycles. The van der Waals surface area contributed by atoms with Gasteiger partial charge >= 0.3 is 12.2 Å². The number of aryl methyl sites for hydroxylation is 1. The van der Waals surface area contributed by atoms with E-state index in [-0.39, 0.29) is 29.1 Å². The van der Waals surface area contributed by atoms with Crippen molar-refractivity contribution in [2.75, 3.05) is 13.1 Å². The normalized spacial score (nSPS) is 15.6. The number of piperidine rings is 1. The Balaban J connectivity index is 1.74. The fourth-order valence-corrected chi connectivity index (χ4v) is 3.43. The third-order valence-electron chi connectivity index (χ3n) is 4.80. The zero-order chi connectivity index (χ0) is 20.6. The SMILES string of the molecule is Cc1nc2cccc(C(F)(F)F)c2c(=O)n1-c1cnc(OC2CCNCC2)nc1. The standard InChI is InChI=1S/C19H18F3N5O2/c1-11-26-15-4-2-3-14(19(20,21)22)16(15)17(28)27(11)12-9-24-18(25-10-12)29-13-5-7-23-8-6-13/h2-4,9-10,13,23H,5-8H2,1H3. The summed E-state index contributed by atoms with van der Waals surface area (Å²) < 4.78 is 47.0. The molecule has 0 aliphatic carbocycles. The minimum absolute atomic E-state index is 0.00300. The van der Waals surface area contributed by atoms with Crippen molar-refractivity contribution in [3.8, 4) is 11.7 Å². The average molecular weight is 405 g/mol. The summed E-state index contributed by atoms with van der Waals surface area (Å²) >= 11 is 0. The Labute approximate surface area is 163 Å². The third-order valence-corrected chi connectivity index (χ3v) is 4.80. The topological polar surface area (TPSA) is 81.9 Å². The lowest BCUT2D eigenvalue weighted by Crippen LogP contribution is -2.34. The van der Waals surface area contributed by atoms with Crippen molar-refractivity contribution < 1.29 is 17.9 Å². The van der Waals surface area contributed by atoms with Gasteiger partial charge in [0.1, 0.15) is 11.9 Å². The van der Waals surface area contributed by atoms with Crippen molar-refractivity contribution in [2.45, 2.75) is 32.0 Å². The maximum atomic E-state index is 13.4. The van der Waals surface area contributed by atoms with Crippen LogP contribution in [-0.2, 0) is 6.18 Å². The highest BCUT2D eigenvalue weighted by atomic mass is 19.4. The molecule has 0 radical (unpaired) electrons. The molecular weight excluding hydrogens is 387 g/mol. The van der Waals surface area contributed by atoms with Gasteiger partial charge in [0, 0.05) is 0 Å². The smallest absolute Gasteiger partial charge is 0.417 e. The van der Waals surface area contributed by atoms with E-state index in [1.807, 2.05) is 0 Å². The van der Waals surface area contributed by atoms with Crippen molar-refractivity contribution in [1.29, 1.82) is 0 Å². The summed E-state index contributed by atoms with van der Waals surface area (Å²) in [5, 5.41) is 2.74. The van der Waals surface area contributed by atoms with Crippen molar-refractivity contribution >= 4 is 10.9 Å². The molecular formula is C19H18F3N5O2. The van der Waals surface area contributed by atoms with E-state index in [1.54, 1.807) is 6.92 Å². The first kappa shape index (κ1) is 19.3. The van der Waals surface area contributed by atoms with Gasteiger partial charge in [-0.3, -0.25) is 9.36 Å². The number of fused-ring (bicyclic) bond motifs is 1. The van der Waals surface area contributed by atoms with Crippen LogP contribution in [0.5, 0.6) is 6.01 Å². The minimum Gasteiger partial charge on any atom is -0.460 e. The Bertz CT molecular complexity index is 1090. The van der Waals surface area contributed by atoms with Crippen LogP contribution in [0.4, 0.5) is 13.2 Å². The summed E-state index contributed by atoms with van der Waals surface area (Å²) in [6, 6.07) is 3.65. The van der Waals surface area contributed by atoms with E-state index in [0.717, 1.165) is 36.6 Å². The molecule has 0 spiro atoms. The summed E-state index contributed by atoms with van der Waals surface area (Å²) in [5.74, 6) is 0.234. The molecule has 0 amide bonds. The first-order valence-electron chi connectivity index (χ1n) is 9.14. The van der Waals surface area contributed by atoms with E-state index in [0.29, 0.717) is 0 Å². The van der Waals surface area contributed by atoms with Crippen LogP contribution in [0, 0.1) is 6.92 Å². The summed E-state index contributed by atoms with van der Waals surface area (Å²) in [4.78, 5) is 25.4. The quantitative estimate of drug-likeness (QED) is 0.722. The molecule has 1 aliphatic rings. The second kappa shape index (κ2) is 7.43. The van der Waals surface area contributed by atoms with Crippen molar-refractivity contribution in [1.82, 2.24) is 24.8 Å². The molecule has 1 aromatic carbocycles. The lowest BCUT2D eigenvalue weighted by atomic mass is 10.1. The Morgan fingerprint density at radius 3 is 2.52 bits per heavy atom. The van der Waals surface area contributed by atoms with Gasteiger partial charge in [0.05, 0.1) is 34.5 Å². The molecule has 1 saturated heterocycles. The highest BCUT2D eigenvalue weighted by Gasteiger charge is 2.34. The van der Waals surface area contributed by atoms with Crippen LogP contribution < -0.4 is 15.6 Å². The number of ether oxygens (including phenoxy) is 1. The fourth-order valence-electron chi connectivity index (χ4n) is 3.43. The van der Waals surface area contributed by atoms with Gasteiger partial charge in [-0.15, -0.1) is 0 Å². The van der Waals surface area contributed by atoms with E-state index in [2.05, 4.69) is 20.3 Å². The molecule has 1 aliphatic heterocycles. The van der Waals surface area contributed by atoms with Crippen LogP contribution in [0.3, 0.4) is 0 Å². The highest BCUT2D eigenvalue weighted by molar-refractivity contribution is 5.82. The zero-order valence-electron chi connectivity index (χ0n) is 15.5. The van der Waals surface area contributed by atoms with Crippen molar-refractivity contribution in [3.05, 3.63) is 52.3 Å². The highest BCUT2D eigenvalue weighted by Crippen LogP contribution is 2.33. The second-order valence-corrected chi connectivity index (χ2v) is 6.79. The van der Waals surface area contributed by atoms with Crippen LogP contribution >= 0.6 is 0 Å². The molecule has 29 heavy (non-hydrogen) atoms. The molecule has 3 aromatic rings. The predicted octanol–water partition coefficient (Wildman–Crippen LogP) is 2.63. The number of hydrogen-bond donors (Lipinski definition) is 1. The average Bonchev–Trinajstić information content (AvgIpc) is 2.69. The summed E-state index contributed by atoms with van der Waals surface area (Å²) in [7, 11) is 0. The summed E-state index contributed by atoms with van der Waals surface area (Å²) in [5.41, 5.74) is -1.63. The monoisotopic (exact) mass is 405 g/mol. The van der Waals surface area contributed by atoms with Gasteiger partial charge in [-0.05, 0) is 45.0 Å². The molecule has 0 saturated carbocycles. The molecule has 2 aromatic heterocycles. The lowest BCUT2D eigenvalue weighted by Gasteiger charge is -2.22.